The lowest BCUT2D eigenvalue weighted by Gasteiger charge is -2.17. The summed E-state index contributed by atoms with van der Waals surface area (Å²) >= 11 is -3.11. The average Bonchev–Trinajstić information content (AvgIpc) is 2.58. The zero-order valence-electron chi connectivity index (χ0n) is 9.96. The third-order valence-electron chi connectivity index (χ3n) is 2.24. The summed E-state index contributed by atoms with van der Waals surface area (Å²) in [5, 5.41) is 0. The van der Waals surface area contributed by atoms with E-state index in [1.807, 2.05) is 0 Å². The predicted octanol–water partition coefficient (Wildman–Crippen LogP) is 3.38. The van der Waals surface area contributed by atoms with Crippen LogP contribution in [-0.4, -0.2) is 30.1 Å². The van der Waals surface area contributed by atoms with Gasteiger partial charge in [-0.05, 0) is 6.42 Å². The zero-order chi connectivity index (χ0) is 12.4. The van der Waals surface area contributed by atoms with Crippen molar-refractivity contribution in [1.82, 2.24) is 9.80 Å². The van der Waals surface area contributed by atoms with Gasteiger partial charge in [-0.15, -0.1) is 7.77 Å². The molecule has 0 aromatic carbocycles. The van der Waals surface area contributed by atoms with Crippen LogP contribution in [0.15, 0.2) is 12.4 Å². The highest BCUT2D eigenvalue weighted by Gasteiger charge is 2.06. The lowest BCUT2D eigenvalue weighted by molar-refractivity contribution is 0.291. The van der Waals surface area contributed by atoms with Gasteiger partial charge in [-0.2, -0.15) is 0 Å². The normalized spacial score (nSPS) is 14.3. The molecule has 0 aliphatic carbocycles. The first-order chi connectivity index (χ1) is 7.56. The van der Waals surface area contributed by atoms with E-state index in [9.17, 15) is 7.77 Å². The van der Waals surface area contributed by atoms with E-state index in [0.29, 0.717) is 0 Å². The molecule has 6 heteroatoms. The van der Waals surface area contributed by atoms with Crippen LogP contribution in [-0.2, 0) is 11.5 Å². The van der Waals surface area contributed by atoms with Crippen LogP contribution >= 0.6 is 0 Å². The van der Waals surface area contributed by atoms with Gasteiger partial charge in [0.25, 0.3) is 11.5 Å². The molecule has 0 saturated heterocycles. The highest BCUT2D eigenvalue weighted by molar-refractivity contribution is 7.75. The Morgan fingerprint density at radius 2 is 1.88 bits per heavy atom. The maximum absolute atomic E-state index is 10.0. The van der Waals surface area contributed by atoms with Crippen molar-refractivity contribution in [3.63, 3.8) is 0 Å². The zero-order valence-corrected chi connectivity index (χ0v) is 10.8. The third-order valence-corrected chi connectivity index (χ3v) is 2.24. The molecule has 1 aliphatic heterocycles. The summed E-state index contributed by atoms with van der Waals surface area (Å²) in [4.78, 5) is 4.58. The smallest absolute Gasteiger partial charge is 0.258 e. The molecule has 1 aliphatic rings. The maximum atomic E-state index is 10.0. The van der Waals surface area contributed by atoms with Gasteiger partial charge in [0, 0.05) is 26.0 Å². The van der Waals surface area contributed by atoms with E-state index in [1.54, 1.807) is 0 Å². The molecule has 16 heavy (non-hydrogen) atoms. The fourth-order valence-electron chi connectivity index (χ4n) is 1.48. The molecule has 0 fully saturated rings. The molecule has 0 aromatic heterocycles. The Balaban J connectivity index is 0.000000487. The SMILES string of the molecule is CCCCCCN1C=CN(C)C1.N=S(F)F. The topological polar surface area (TPSA) is 30.3 Å². The van der Waals surface area contributed by atoms with Gasteiger partial charge in [0.1, 0.15) is 0 Å². The van der Waals surface area contributed by atoms with E-state index in [-0.39, 0.29) is 0 Å². The van der Waals surface area contributed by atoms with E-state index in [1.165, 1.54) is 32.2 Å². The Hall–Kier alpha value is -0.650. The molecule has 96 valence electrons. The van der Waals surface area contributed by atoms with E-state index >= 15 is 0 Å². The molecule has 0 unspecified atom stereocenters. The lowest BCUT2D eigenvalue weighted by Crippen LogP contribution is -2.23. The summed E-state index contributed by atoms with van der Waals surface area (Å²) in [7, 11) is 2.11. The van der Waals surface area contributed by atoms with Crippen LogP contribution in [0.5, 0.6) is 0 Å². The Kier molecular flexibility index (Phi) is 9.18. The van der Waals surface area contributed by atoms with Crippen LogP contribution in [0, 0.1) is 4.78 Å². The van der Waals surface area contributed by atoms with E-state index in [4.69, 9.17) is 4.78 Å². The lowest BCUT2D eigenvalue weighted by atomic mass is 10.2. The molecular weight excluding hydrogens is 232 g/mol. The van der Waals surface area contributed by atoms with Crippen LogP contribution in [0.2, 0.25) is 0 Å². The van der Waals surface area contributed by atoms with Gasteiger partial charge in [-0.3, -0.25) is 0 Å². The maximum Gasteiger partial charge on any atom is 0.258 e. The Morgan fingerprint density at radius 3 is 2.31 bits per heavy atom. The van der Waals surface area contributed by atoms with Crippen LogP contribution in [0.25, 0.3) is 0 Å². The van der Waals surface area contributed by atoms with Crippen molar-refractivity contribution in [3.8, 4) is 0 Å². The Bertz CT molecular complexity index is 220. The summed E-state index contributed by atoms with van der Waals surface area (Å²) in [6.45, 7) is 4.55. The predicted molar refractivity (Wildman–Crippen MR) is 64.9 cm³/mol. The number of hydrogen-bond acceptors (Lipinski definition) is 3. The minimum atomic E-state index is -3.11. The van der Waals surface area contributed by atoms with Gasteiger partial charge in [-0.1, -0.05) is 26.2 Å². The molecule has 3 nitrogen and oxygen atoms in total. The second-order valence-corrected chi connectivity index (χ2v) is 4.21. The highest BCUT2D eigenvalue weighted by Crippen LogP contribution is 2.06. The van der Waals surface area contributed by atoms with Gasteiger partial charge in [0.15, 0.2) is 0 Å². The minimum Gasteiger partial charge on any atom is -0.362 e. The Labute approximate surface area is 99.6 Å². The van der Waals surface area contributed by atoms with Crippen molar-refractivity contribution < 1.29 is 7.77 Å². The van der Waals surface area contributed by atoms with E-state index < -0.39 is 11.5 Å². The third kappa shape index (κ3) is 9.89. The summed E-state index contributed by atoms with van der Waals surface area (Å²) in [5.41, 5.74) is 0. The molecule has 0 saturated carbocycles. The molecular formula is C10H21F2N3S. The number of unbranched alkanes of at least 4 members (excludes halogenated alkanes) is 3. The standard InChI is InChI=1S/C10H20N2.F2HNS/c1-3-4-5-6-7-12-9-8-11(2)10-12;1-4(2)3/h8-9H,3-7,10H2,1-2H3;3H. The second kappa shape index (κ2) is 9.57. The molecule has 0 spiro atoms. The first kappa shape index (κ1) is 15.3. The monoisotopic (exact) mass is 253 g/mol. The number of nitrogens with zero attached hydrogens (tertiary/aromatic N) is 2. The number of rotatable bonds is 5. The number of halogens is 2. The summed E-state index contributed by atoms with van der Waals surface area (Å²) in [6.07, 6.45) is 9.76. The first-order valence-corrected chi connectivity index (χ1v) is 6.49. The summed E-state index contributed by atoms with van der Waals surface area (Å²) in [6, 6.07) is 0. The number of nitrogens with one attached hydrogen (secondary N) is 1. The fraction of sp³-hybridized carbons (Fsp3) is 0.800. The van der Waals surface area contributed by atoms with Crippen molar-refractivity contribution >= 4 is 11.5 Å². The first-order valence-electron chi connectivity index (χ1n) is 5.47. The second-order valence-electron chi connectivity index (χ2n) is 3.78. The molecule has 0 amide bonds. The highest BCUT2D eigenvalue weighted by atomic mass is 32.2. The molecule has 0 aromatic rings. The molecule has 1 heterocycles. The van der Waals surface area contributed by atoms with Crippen molar-refractivity contribution in [2.75, 3.05) is 20.3 Å². The van der Waals surface area contributed by atoms with Crippen LogP contribution < -0.4 is 0 Å². The molecule has 0 atom stereocenters. The van der Waals surface area contributed by atoms with E-state index in [2.05, 4.69) is 36.2 Å². The van der Waals surface area contributed by atoms with Crippen LogP contribution in [0.4, 0.5) is 7.77 Å². The quantitative estimate of drug-likeness (QED) is 0.761. The number of hydrogen-bond donors (Lipinski definition) is 1. The molecule has 0 bridgehead atoms. The van der Waals surface area contributed by atoms with Gasteiger partial charge in [0.2, 0.25) is 0 Å². The summed E-state index contributed by atoms with van der Waals surface area (Å²) < 4.78 is 25.3. The van der Waals surface area contributed by atoms with Crippen molar-refractivity contribution in [1.29, 1.82) is 4.78 Å². The van der Waals surface area contributed by atoms with Gasteiger partial charge in [0.05, 0.1) is 6.67 Å². The van der Waals surface area contributed by atoms with Crippen molar-refractivity contribution in [2.45, 2.75) is 32.6 Å². The van der Waals surface area contributed by atoms with Crippen molar-refractivity contribution in [3.05, 3.63) is 12.4 Å². The molecule has 1 rings (SSSR count). The summed E-state index contributed by atoms with van der Waals surface area (Å²) in [5.74, 6) is 0. The minimum absolute atomic E-state index is 1.08. The van der Waals surface area contributed by atoms with E-state index in [0.717, 1.165) is 6.67 Å². The van der Waals surface area contributed by atoms with Crippen molar-refractivity contribution in [2.24, 2.45) is 0 Å². The van der Waals surface area contributed by atoms with Gasteiger partial charge >= 0.3 is 0 Å². The largest absolute Gasteiger partial charge is 0.362 e. The molecule has 1 N–H and O–H groups in total. The fourth-order valence-corrected chi connectivity index (χ4v) is 1.48. The Morgan fingerprint density at radius 1 is 1.25 bits per heavy atom. The van der Waals surface area contributed by atoms with Crippen LogP contribution in [0.3, 0.4) is 0 Å². The average molecular weight is 253 g/mol. The van der Waals surface area contributed by atoms with Gasteiger partial charge < -0.3 is 9.80 Å². The molecule has 0 radical (unpaired) electrons. The van der Waals surface area contributed by atoms with Gasteiger partial charge in [-0.25, -0.2) is 4.78 Å². The van der Waals surface area contributed by atoms with Crippen LogP contribution in [0.1, 0.15) is 32.6 Å².